The zero-order chi connectivity index (χ0) is 25.0. The number of rotatable bonds is 9. The average Bonchev–Trinajstić information content (AvgIpc) is 3.29. The lowest BCUT2D eigenvalue weighted by Crippen LogP contribution is -2.34. The summed E-state index contributed by atoms with van der Waals surface area (Å²) in [5.74, 6) is 0.278. The van der Waals surface area contributed by atoms with E-state index in [-0.39, 0.29) is 18.0 Å². The van der Waals surface area contributed by atoms with Crippen molar-refractivity contribution >= 4 is 27.0 Å². The van der Waals surface area contributed by atoms with Gasteiger partial charge in [0.25, 0.3) is 5.56 Å². The Balaban J connectivity index is 1.42. The Morgan fingerprint density at radius 3 is 2.51 bits per heavy atom. The normalized spacial score (nSPS) is 11.7. The molecule has 4 rings (SSSR count). The van der Waals surface area contributed by atoms with E-state index in [1.54, 1.807) is 26.4 Å². The van der Waals surface area contributed by atoms with Crippen LogP contribution in [-0.4, -0.2) is 50.8 Å². The van der Waals surface area contributed by atoms with E-state index in [1.807, 2.05) is 41.0 Å². The minimum Gasteiger partial charge on any atom is -0.350 e. The highest BCUT2D eigenvalue weighted by Crippen LogP contribution is 2.17. The fourth-order valence-electron chi connectivity index (χ4n) is 3.71. The van der Waals surface area contributed by atoms with Crippen molar-refractivity contribution in [3.63, 3.8) is 0 Å². The van der Waals surface area contributed by atoms with Crippen molar-refractivity contribution in [2.45, 2.75) is 31.8 Å². The molecule has 1 amide bonds. The summed E-state index contributed by atoms with van der Waals surface area (Å²) in [5.41, 5.74) is 2.13. The molecule has 0 unspecified atom stereocenters. The van der Waals surface area contributed by atoms with Gasteiger partial charge in [0.1, 0.15) is 18.7 Å². The molecule has 3 heterocycles. The van der Waals surface area contributed by atoms with Gasteiger partial charge in [-0.05, 0) is 29.8 Å². The lowest BCUT2D eigenvalue weighted by atomic mass is 10.2. The van der Waals surface area contributed by atoms with Crippen molar-refractivity contribution < 1.29 is 13.2 Å². The van der Waals surface area contributed by atoms with Gasteiger partial charge in [0.15, 0.2) is 0 Å². The molecular formula is C24H26N6O4S. The maximum Gasteiger partial charge on any atom is 0.251 e. The molecule has 0 spiro atoms. The van der Waals surface area contributed by atoms with E-state index in [9.17, 15) is 18.0 Å². The Kier molecular flexibility index (Phi) is 7.08. The molecule has 4 aromatic rings. The molecule has 3 aromatic heterocycles. The SMILES string of the molecule is CCN(CC)S(=O)(=O)c1ccc(=O)n(CC(=O)NCc2ccc(-n3cnc4ccccc43)nc2)c1. The number of carbonyl (C=O) groups is 1. The molecule has 1 aromatic carbocycles. The number of sulfonamides is 1. The highest BCUT2D eigenvalue weighted by Gasteiger charge is 2.22. The molecular weight excluding hydrogens is 468 g/mol. The first-order valence-corrected chi connectivity index (χ1v) is 12.6. The second-order valence-electron chi connectivity index (χ2n) is 7.82. The van der Waals surface area contributed by atoms with Gasteiger partial charge in [-0.15, -0.1) is 0 Å². The van der Waals surface area contributed by atoms with E-state index in [0.29, 0.717) is 18.9 Å². The van der Waals surface area contributed by atoms with Crippen LogP contribution in [0.15, 0.2) is 76.9 Å². The van der Waals surface area contributed by atoms with Gasteiger partial charge in [-0.1, -0.05) is 32.0 Å². The number of hydrogen-bond donors (Lipinski definition) is 1. The monoisotopic (exact) mass is 494 g/mol. The van der Waals surface area contributed by atoms with Crippen LogP contribution >= 0.6 is 0 Å². The Morgan fingerprint density at radius 2 is 1.80 bits per heavy atom. The summed E-state index contributed by atoms with van der Waals surface area (Å²) in [4.78, 5) is 33.5. The topological polar surface area (TPSA) is 119 Å². The smallest absolute Gasteiger partial charge is 0.251 e. The number of nitrogens with one attached hydrogen (secondary N) is 1. The zero-order valence-electron chi connectivity index (χ0n) is 19.5. The molecule has 0 aliphatic heterocycles. The molecule has 11 heteroatoms. The van der Waals surface area contributed by atoms with E-state index in [1.165, 1.54) is 16.6 Å². The molecule has 35 heavy (non-hydrogen) atoms. The van der Waals surface area contributed by atoms with Gasteiger partial charge in [-0.25, -0.2) is 18.4 Å². The quantitative estimate of drug-likeness (QED) is 0.380. The number of pyridine rings is 2. The molecule has 0 saturated carbocycles. The minimum atomic E-state index is -3.74. The maximum absolute atomic E-state index is 12.7. The average molecular weight is 495 g/mol. The van der Waals surface area contributed by atoms with Crippen LogP contribution in [-0.2, 0) is 27.9 Å². The van der Waals surface area contributed by atoms with Crippen LogP contribution in [0, 0.1) is 0 Å². The zero-order valence-corrected chi connectivity index (χ0v) is 20.3. The number of carbonyl (C=O) groups excluding carboxylic acids is 1. The van der Waals surface area contributed by atoms with E-state index in [2.05, 4.69) is 15.3 Å². The Labute approximate surface area is 202 Å². The van der Waals surface area contributed by atoms with Gasteiger partial charge in [0.2, 0.25) is 15.9 Å². The summed E-state index contributed by atoms with van der Waals surface area (Å²) in [6.07, 6.45) is 4.58. The van der Waals surface area contributed by atoms with Gasteiger partial charge in [-0.3, -0.25) is 14.2 Å². The maximum atomic E-state index is 12.7. The lowest BCUT2D eigenvalue weighted by Gasteiger charge is -2.19. The highest BCUT2D eigenvalue weighted by atomic mass is 32.2. The van der Waals surface area contributed by atoms with Gasteiger partial charge < -0.3 is 9.88 Å². The molecule has 1 N–H and O–H groups in total. The molecule has 0 fully saturated rings. The standard InChI is InChI=1S/C24H26N6O4S/c1-3-29(4-2)35(33,34)19-10-12-24(32)28(15-19)16-23(31)26-14-18-9-11-22(25-13-18)30-17-27-20-7-5-6-8-21(20)30/h5-13,15,17H,3-4,14,16H2,1-2H3,(H,26,31). The predicted octanol–water partition coefficient (Wildman–Crippen LogP) is 1.93. The first-order chi connectivity index (χ1) is 16.8. The van der Waals surface area contributed by atoms with Gasteiger partial charge in [-0.2, -0.15) is 4.31 Å². The van der Waals surface area contributed by atoms with Crippen molar-refractivity contribution in [3.05, 3.63) is 83.2 Å². The van der Waals surface area contributed by atoms with Crippen LogP contribution in [0.3, 0.4) is 0 Å². The summed E-state index contributed by atoms with van der Waals surface area (Å²) in [6.45, 7) is 4.01. The molecule has 0 atom stereocenters. The van der Waals surface area contributed by atoms with Gasteiger partial charge in [0.05, 0.1) is 15.9 Å². The summed E-state index contributed by atoms with van der Waals surface area (Å²) >= 11 is 0. The third-order valence-corrected chi connectivity index (χ3v) is 7.65. The summed E-state index contributed by atoms with van der Waals surface area (Å²) < 4.78 is 29.7. The van der Waals surface area contributed by atoms with E-state index < -0.39 is 21.5 Å². The number of imidazole rings is 1. The minimum absolute atomic E-state index is 0.0274. The molecule has 10 nitrogen and oxygen atoms in total. The van der Waals surface area contributed by atoms with Crippen molar-refractivity contribution in [1.82, 2.24) is 28.7 Å². The van der Waals surface area contributed by atoms with Crippen LogP contribution in [0.2, 0.25) is 0 Å². The van der Waals surface area contributed by atoms with Crippen LogP contribution in [0.1, 0.15) is 19.4 Å². The Morgan fingerprint density at radius 1 is 1.03 bits per heavy atom. The fourth-order valence-corrected chi connectivity index (χ4v) is 5.19. The predicted molar refractivity (Wildman–Crippen MR) is 132 cm³/mol. The number of nitrogens with zero attached hydrogens (tertiary/aromatic N) is 5. The summed E-state index contributed by atoms with van der Waals surface area (Å²) in [5, 5.41) is 2.74. The van der Waals surface area contributed by atoms with Crippen molar-refractivity contribution in [2.24, 2.45) is 0 Å². The van der Waals surface area contributed by atoms with Gasteiger partial charge >= 0.3 is 0 Å². The number of para-hydroxylation sites is 2. The van der Waals surface area contributed by atoms with Crippen molar-refractivity contribution in [1.29, 1.82) is 0 Å². The number of benzene rings is 1. The molecule has 0 aliphatic carbocycles. The van der Waals surface area contributed by atoms with Crippen molar-refractivity contribution in [3.8, 4) is 5.82 Å². The van der Waals surface area contributed by atoms with Crippen LogP contribution < -0.4 is 10.9 Å². The number of hydrogen-bond acceptors (Lipinski definition) is 6. The second-order valence-corrected chi connectivity index (χ2v) is 9.76. The first-order valence-electron chi connectivity index (χ1n) is 11.2. The molecule has 182 valence electrons. The third kappa shape index (κ3) is 5.15. The first kappa shape index (κ1) is 24.3. The molecule has 0 bridgehead atoms. The van der Waals surface area contributed by atoms with Gasteiger partial charge in [0, 0.05) is 38.1 Å². The third-order valence-electron chi connectivity index (χ3n) is 5.61. The van der Waals surface area contributed by atoms with Crippen molar-refractivity contribution in [2.75, 3.05) is 13.1 Å². The highest BCUT2D eigenvalue weighted by molar-refractivity contribution is 7.89. The van der Waals surface area contributed by atoms with E-state index >= 15 is 0 Å². The lowest BCUT2D eigenvalue weighted by molar-refractivity contribution is -0.121. The molecule has 0 radical (unpaired) electrons. The summed E-state index contributed by atoms with van der Waals surface area (Å²) in [6, 6.07) is 13.9. The number of amides is 1. The number of fused-ring (bicyclic) bond motifs is 1. The van der Waals surface area contributed by atoms with Crippen LogP contribution in [0.4, 0.5) is 0 Å². The Bertz CT molecular complexity index is 1510. The fraction of sp³-hybridized carbons (Fsp3) is 0.250. The second kappa shape index (κ2) is 10.2. The Hall–Kier alpha value is -3.83. The van der Waals surface area contributed by atoms with E-state index in [0.717, 1.165) is 27.2 Å². The molecule has 0 saturated heterocycles. The van der Waals surface area contributed by atoms with Crippen LogP contribution in [0.25, 0.3) is 16.9 Å². The number of aromatic nitrogens is 4. The van der Waals surface area contributed by atoms with E-state index in [4.69, 9.17) is 0 Å². The summed E-state index contributed by atoms with van der Waals surface area (Å²) in [7, 11) is -3.74. The van der Waals surface area contributed by atoms with Crippen LogP contribution in [0.5, 0.6) is 0 Å². The largest absolute Gasteiger partial charge is 0.350 e. The molecule has 0 aliphatic rings.